The molecule has 0 saturated carbocycles. The highest BCUT2D eigenvalue weighted by Crippen LogP contribution is 2.12. The maximum Gasteiger partial charge on any atom is 0.116 e. The number of alkyl halides is 1. The van der Waals surface area contributed by atoms with Gasteiger partial charge in [-0.15, -0.1) is 0 Å². The molecule has 1 fully saturated rings. The fourth-order valence-electron chi connectivity index (χ4n) is 0.929. The van der Waals surface area contributed by atoms with Crippen molar-refractivity contribution in [3.8, 4) is 0 Å². The second kappa shape index (κ2) is 3.02. The highest BCUT2D eigenvalue weighted by Gasteiger charge is 2.11. The van der Waals surface area contributed by atoms with Crippen LogP contribution in [0.3, 0.4) is 0 Å². The molecule has 2 heteroatoms. The van der Waals surface area contributed by atoms with Gasteiger partial charge < -0.3 is 4.74 Å². The van der Waals surface area contributed by atoms with Crippen molar-refractivity contribution in [3.63, 3.8) is 0 Å². The van der Waals surface area contributed by atoms with Crippen LogP contribution in [-0.4, -0.2) is 19.4 Å². The third-order valence-electron chi connectivity index (χ3n) is 1.45. The summed E-state index contributed by atoms with van der Waals surface area (Å²) in [6.07, 6.45) is 3.07. The molecule has 0 bridgehead atoms. The van der Waals surface area contributed by atoms with E-state index in [0.29, 0.717) is 0 Å². The number of ether oxygens (including phenoxy) is 1. The van der Waals surface area contributed by atoms with Gasteiger partial charge in [0.2, 0.25) is 0 Å². The predicted octanol–water partition coefficient (Wildman–Crippen LogP) is 1.53. The van der Waals surface area contributed by atoms with E-state index in [0.717, 1.165) is 25.9 Å². The number of hydrogen-bond donors (Lipinski definition) is 0. The molecule has 1 rings (SSSR count). The molecule has 1 atom stereocenters. The van der Waals surface area contributed by atoms with E-state index in [-0.39, 0.29) is 12.8 Å². The maximum atomic E-state index is 11.8. The molecule has 1 nitrogen and oxygen atoms in total. The van der Waals surface area contributed by atoms with Gasteiger partial charge in [0.05, 0.1) is 6.10 Å². The maximum absolute atomic E-state index is 11.8. The second-order valence-electron chi connectivity index (χ2n) is 2.14. The molecule has 1 aliphatic heterocycles. The van der Waals surface area contributed by atoms with Crippen LogP contribution in [0, 0.1) is 0 Å². The summed E-state index contributed by atoms with van der Waals surface area (Å²) in [6.45, 7) is 0.453. The van der Waals surface area contributed by atoms with Gasteiger partial charge in [0.25, 0.3) is 0 Å². The Morgan fingerprint density at radius 1 is 1.50 bits per heavy atom. The Bertz CT molecular complexity index is 59.5. The lowest BCUT2D eigenvalue weighted by atomic mass is 10.1. The van der Waals surface area contributed by atoms with Crippen LogP contribution in [-0.2, 0) is 4.74 Å². The zero-order chi connectivity index (χ0) is 5.82. The Balaban J connectivity index is 2.13. The second-order valence-corrected chi connectivity index (χ2v) is 2.14. The van der Waals surface area contributed by atoms with Crippen molar-refractivity contribution in [2.24, 2.45) is 0 Å². The summed E-state index contributed by atoms with van der Waals surface area (Å²) < 4.78 is 16.8. The molecule has 1 saturated heterocycles. The highest BCUT2D eigenvalue weighted by atomic mass is 19.1. The van der Waals surface area contributed by atoms with Crippen LogP contribution in [0.25, 0.3) is 0 Å². The minimum atomic E-state index is -0.306. The van der Waals surface area contributed by atoms with E-state index in [2.05, 4.69) is 0 Å². The van der Waals surface area contributed by atoms with Crippen molar-refractivity contribution >= 4 is 0 Å². The number of rotatable bonds is 1. The summed E-state index contributed by atoms with van der Waals surface area (Å²) in [6, 6.07) is 0. The van der Waals surface area contributed by atoms with Gasteiger partial charge in [-0.1, -0.05) is 0 Å². The van der Waals surface area contributed by atoms with Crippen LogP contribution in [0.5, 0.6) is 0 Å². The summed E-state index contributed by atoms with van der Waals surface area (Å²) in [5.41, 5.74) is 0. The average Bonchev–Trinajstić information content (AvgIpc) is 1.90. The summed E-state index contributed by atoms with van der Waals surface area (Å²) >= 11 is 0. The van der Waals surface area contributed by atoms with E-state index in [1.807, 2.05) is 0 Å². The third kappa shape index (κ3) is 1.44. The van der Waals surface area contributed by atoms with Crippen molar-refractivity contribution in [3.05, 3.63) is 0 Å². The summed E-state index contributed by atoms with van der Waals surface area (Å²) in [5.74, 6) is 0. The van der Waals surface area contributed by atoms with Crippen LogP contribution in [0.1, 0.15) is 19.3 Å². The first kappa shape index (κ1) is 6.02. The van der Waals surface area contributed by atoms with Gasteiger partial charge in [-0.3, -0.25) is 0 Å². The van der Waals surface area contributed by atoms with E-state index >= 15 is 0 Å². The Hall–Kier alpha value is -0.110. The molecular weight excluding hydrogens is 107 g/mol. The summed E-state index contributed by atoms with van der Waals surface area (Å²) in [4.78, 5) is 0. The largest absolute Gasteiger partial charge is 0.376 e. The third-order valence-corrected chi connectivity index (χ3v) is 1.45. The van der Waals surface area contributed by atoms with Gasteiger partial charge in [-0.25, -0.2) is 4.39 Å². The van der Waals surface area contributed by atoms with Crippen LogP contribution >= 0.6 is 0 Å². The molecule has 0 N–H and O–H groups in total. The van der Waals surface area contributed by atoms with Crippen molar-refractivity contribution < 1.29 is 9.13 Å². The molecule has 0 aliphatic carbocycles. The van der Waals surface area contributed by atoms with Crippen LogP contribution in [0.15, 0.2) is 0 Å². The van der Waals surface area contributed by atoms with Crippen LogP contribution < -0.4 is 0 Å². The van der Waals surface area contributed by atoms with Crippen LogP contribution in [0.4, 0.5) is 4.39 Å². The molecule has 1 heterocycles. The van der Waals surface area contributed by atoms with E-state index in [1.54, 1.807) is 0 Å². The molecule has 48 valence electrons. The zero-order valence-electron chi connectivity index (χ0n) is 4.90. The smallest absolute Gasteiger partial charge is 0.116 e. The molecule has 0 radical (unpaired) electrons. The predicted molar refractivity (Wildman–Crippen MR) is 29.6 cm³/mol. The zero-order valence-corrected chi connectivity index (χ0v) is 4.90. The van der Waals surface area contributed by atoms with E-state index < -0.39 is 0 Å². The fourth-order valence-corrected chi connectivity index (χ4v) is 0.929. The van der Waals surface area contributed by atoms with E-state index in [1.165, 1.54) is 0 Å². The quantitative estimate of drug-likeness (QED) is 0.507. The molecule has 0 aromatic carbocycles. The first-order valence-electron chi connectivity index (χ1n) is 3.11. The lowest BCUT2D eigenvalue weighted by molar-refractivity contribution is 0.00187. The van der Waals surface area contributed by atoms with Gasteiger partial charge in [-0.2, -0.15) is 0 Å². The van der Waals surface area contributed by atoms with Crippen molar-refractivity contribution in [1.29, 1.82) is 0 Å². The van der Waals surface area contributed by atoms with Gasteiger partial charge in [0.1, 0.15) is 6.67 Å². The minimum Gasteiger partial charge on any atom is -0.376 e. The molecule has 0 spiro atoms. The normalized spacial score (nSPS) is 30.4. The lowest BCUT2D eigenvalue weighted by Crippen LogP contribution is -2.20. The fraction of sp³-hybridized carbons (Fsp3) is 1.00. The Morgan fingerprint density at radius 2 is 2.38 bits per heavy atom. The average molecular weight is 118 g/mol. The topological polar surface area (TPSA) is 9.23 Å². The Kier molecular flexibility index (Phi) is 2.27. The molecular formula is C6H11FO. The first-order valence-corrected chi connectivity index (χ1v) is 3.11. The molecule has 0 aromatic rings. The minimum absolute atomic E-state index is 0.0799. The Morgan fingerprint density at radius 3 is 2.75 bits per heavy atom. The summed E-state index contributed by atoms with van der Waals surface area (Å²) in [7, 11) is 0. The monoisotopic (exact) mass is 118 g/mol. The molecule has 8 heavy (non-hydrogen) atoms. The highest BCUT2D eigenvalue weighted by molar-refractivity contribution is 4.60. The van der Waals surface area contributed by atoms with E-state index in [9.17, 15) is 4.39 Å². The van der Waals surface area contributed by atoms with Gasteiger partial charge >= 0.3 is 0 Å². The molecule has 1 unspecified atom stereocenters. The number of halogens is 1. The van der Waals surface area contributed by atoms with Crippen molar-refractivity contribution in [1.82, 2.24) is 0 Å². The van der Waals surface area contributed by atoms with Gasteiger partial charge in [0, 0.05) is 6.61 Å². The van der Waals surface area contributed by atoms with Crippen LogP contribution in [0.2, 0.25) is 0 Å². The lowest BCUT2D eigenvalue weighted by Gasteiger charge is -2.18. The molecule has 1 aliphatic rings. The van der Waals surface area contributed by atoms with Gasteiger partial charge in [-0.05, 0) is 19.3 Å². The Labute approximate surface area is 48.8 Å². The van der Waals surface area contributed by atoms with Gasteiger partial charge in [0.15, 0.2) is 0 Å². The standard InChI is InChI=1S/C6H11FO/c7-5-6-3-1-2-4-8-6/h6H,1-5H2. The number of hydrogen-bond acceptors (Lipinski definition) is 1. The first-order chi connectivity index (χ1) is 3.93. The summed E-state index contributed by atoms with van der Waals surface area (Å²) in [5, 5.41) is 0. The van der Waals surface area contributed by atoms with Crippen molar-refractivity contribution in [2.45, 2.75) is 25.4 Å². The van der Waals surface area contributed by atoms with Crippen molar-refractivity contribution in [2.75, 3.05) is 13.3 Å². The SMILES string of the molecule is FCC1CCCCO1. The molecule has 0 aromatic heterocycles. The molecule has 0 amide bonds. The van der Waals surface area contributed by atoms with E-state index in [4.69, 9.17) is 4.74 Å².